The summed E-state index contributed by atoms with van der Waals surface area (Å²) in [5, 5.41) is 13.7. The van der Waals surface area contributed by atoms with Crippen LogP contribution >= 0.6 is 11.6 Å². The second-order valence-corrected chi connectivity index (χ2v) is 7.47. The predicted octanol–water partition coefficient (Wildman–Crippen LogP) is 3.28. The first-order chi connectivity index (χ1) is 10.5. The SMILES string of the molecule is CCS(=O)(=O)c1ccccc1NC[C@H](O)c1ccccc1Cl. The van der Waals surface area contributed by atoms with E-state index < -0.39 is 15.9 Å². The van der Waals surface area contributed by atoms with Crippen molar-refractivity contribution >= 4 is 27.1 Å². The molecule has 6 heteroatoms. The van der Waals surface area contributed by atoms with Crippen molar-refractivity contribution in [2.45, 2.75) is 17.9 Å². The molecule has 118 valence electrons. The van der Waals surface area contributed by atoms with Crippen LogP contribution in [0.25, 0.3) is 0 Å². The van der Waals surface area contributed by atoms with Crippen LogP contribution in [0.15, 0.2) is 53.4 Å². The molecule has 0 aromatic heterocycles. The van der Waals surface area contributed by atoms with Gasteiger partial charge in [-0.1, -0.05) is 48.9 Å². The maximum absolute atomic E-state index is 12.1. The number of aliphatic hydroxyl groups is 1. The van der Waals surface area contributed by atoms with Gasteiger partial charge in [-0.05, 0) is 18.2 Å². The maximum Gasteiger partial charge on any atom is 0.180 e. The number of nitrogens with one attached hydrogen (secondary N) is 1. The second kappa shape index (κ2) is 7.13. The van der Waals surface area contributed by atoms with Gasteiger partial charge in [0.15, 0.2) is 9.84 Å². The molecule has 0 heterocycles. The fourth-order valence-corrected chi connectivity index (χ4v) is 3.44. The van der Waals surface area contributed by atoms with Crippen LogP contribution in [0.3, 0.4) is 0 Å². The first kappa shape index (κ1) is 16.8. The first-order valence-electron chi connectivity index (χ1n) is 6.94. The topological polar surface area (TPSA) is 66.4 Å². The summed E-state index contributed by atoms with van der Waals surface area (Å²) in [6.07, 6.45) is -0.828. The lowest BCUT2D eigenvalue weighted by atomic mass is 10.1. The molecular formula is C16H18ClNO3S. The van der Waals surface area contributed by atoms with Gasteiger partial charge in [0.2, 0.25) is 0 Å². The van der Waals surface area contributed by atoms with Crippen LogP contribution in [0.4, 0.5) is 5.69 Å². The molecule has 0 radical (unpaired) electrons. The molecule has 0 fully saturated rings. The zero-order valence-corrected chi connectivity index (χ0v) is 13.7. The van der Waals surface area contributed by atoms with E-state index in [2.05, 4.69) is 5.32 Å². The van der Waals surface area contributed by atoms with Crippen LogP contribution in [0.1, 0.15) is 18.6 Å². The maximum atomic E-state index is 12.1. The number of anilines is 1. The Labute approximate surface area is 135 Å². The number of halogens is 1. The number of benzene rings is 2. The lowest BCUT2D eigenvalue weighted by molar-refractivity contribution is 0.191. The molecule has 0 aliphatic rings. The highest BCUT2D eigenvalue weighted by atomic mass is 35.5. The molecule has 0 saturated carbocycles. The summed E-state index contributed by atoms with van der Waals surface area (Å²) in [6.45, 7) is 1.77. The number of sulfone groups is 1. The monoisotopic (exact) mass is 339 g/mol. The van der Waals surface area contributed by atoms with E-state index in [0.29, 0.717) is 16.3 Å². The molecule has 22 heavy (non-hydrogen) atoms. The van der Waals surface area contributed by atoms with E-state index in [-0.39, 0.29) is 17.2 Å². The summed E-state index contributed by atoms with van der Waals surface area (Å²) in [6, 6.07) is 13.7. The zero-order valence-electron chi connectivity index (χ0n) is 12.2. The van der Waals surface area contributed by atoms with Crippen molar-refractivity contribution in [3.8, 4) is 0 Å². The Morgan fingerprint density at radius 2 is 1.77 bits per heavy atom. The van der Waals surface area contributed by atoms with Crippen LogP contribution in [0.2, 0.25) is 5.02 Å². The minimum absolute atomic E-state index is 0.0265. The van der Waals surface area contributed by atoms with E-state index in [1.165, 1.54) is 0 Å². The number of rotatable bonds is 6. The summed E-state index contributed by atoms with van der Waals surface area (Å²) < 4.78 is 24.1. The lowest BCUT2D eigenvalue weighted by Gasteiger charge is -2.16. The Morgan fingerprint density at radius 1 is 1.14 bits per heavy atom. The van der Waals surface area contributed by atoms with Gasteiger partial charge in [-0.15, -0.1) is 0 Å². The molecule has 2 rings (SSSR count). The number of aliphatic hydroxyl groups excluding tert-OH is 1. The Hall–Kier alpha value is -1.56. The van der Waals surface area contributed by atoms with Gasteiger partial charge >= 0.3 is 0 Å². The second-order valence-electron chi connectivity index (χ2n) is 4.82. The van der Waals surface area contributed by atoms with E-state index in [1.54, 1.807) is 55.5 Å². The molecule has 0 saturated heterocycles. The highest BCUT2D eigenvalue weighted by Crippen LogP contribution is 2.25. The van der Waals surface area contributed by atoms with Gasteiger partial charge in [0.05, 0.1) is 22.4 Å². The third-order valence-corrected chi connectivity index (χ3v) is 5.48. The standard InChI is InChI=1S/C16H18ClNO3S/c1-2-22(20,21)16-10-6-5-9-14(16)18-11-15(19)12-7-3-4-8-13(12)17/h3-10,15,18-19H,2,11H2,1H3/t15-/m0/s1. The molecule has 0 amide bonds. The summed E-state index contributed by atoms with van der Waals surface area (Å²) in [4.78, 5) is 0.240. The van der Waals surface area contributed by atoms with E-state index in [0.717, 1.165) is 0 Å². The summed E-state index contributed by atoms with van der Waals surface area (Å²) in [5.74, 6) is 0.0265. The van der Waals surface area contributed by atoms with Crippen molar-refractivity contribution in [3.63, 3.8) is 0 Å². The molecule has 1 atom stereocenters. The van der Waals surface area contributed by atoms with Gasteiger partial charge < -0.3 is 10.4 Å². The molecule has 0 aliphatic carbocycles. The van der Waals surface area contributed by atoms with Crippen LogP contribution < -0.4 is 5.32 Å². The molecule has 0 unspecified atom stereocenters. The van der Waals surface area contributed by atoms with Gasteiger partial charge in [0.1, 0.15) is 0 Å². The van der Waals surface area contributed by atoms with Gasteiger partial charge in [0, 0.05) is 17.1 Å². The number of hydrogen-bond donors (Lipinski definition) is 2. The molecule has 2 aromatic rings. The van der Waals surface area contributed by atoms with Gasteiger partial charge in [0.25, 0.3) is 0 Å². The average molecular weight is 340 g/mol. The van der Waals surface area contributed by atoms with Gasteiger partial charge in [-0.2, -0.15) is 0 Å². The van der Waals surface area contributed by atoms with Crippen molar-refractivity contribution in [3.05, 3.63) is 59.1 Å². The molecule has 0 bridgehead atoms. The zero-order chi connectivity index (χ0) is 16.2. The van der Waals surface area contributed by atoms with Gasteiger partial charge in [-0.3, -0.25) is 0 Å². The van der Waals surface area contributed by atoms with Crippen molar-refractivity contribution in [1.29, 1.82) is 0 Å². The van der Waals surface area contributed by atoms with Crippen molar-refractivity contribution in [2.24, 2.45) is 0 Å². The first-order valence-corrected chi connectivity index (χ1v) is 8.97. The third kappa shape index (κ3) is 3.80. The van der Waals surface area contributed by atoms with Crippen LogP contribution in [0, 0.1) is 0 Å². The Morgan fingerprint density at radius 3 is 2.45 bits per heavy atom. The third-order valence-electron chi connectivity index (χ3n) is 3.35. The summed E-state index contributed by atoms with van der Waals surface area (Å²) in [5.41, 5.74) is 1.09. The van der Waals surface area contributed by atoms with E-state index in [9.17, 15) is 13.5 Å². The van der Waals surface area contributed by atoms with Crippen molar-refractivity contribution in [2.75, 3.05) is 17.6 Å². The highest BCUT2D eigenvalue weighted by molar-refractivity contribution is 7.91. The minimum atomic E-state index is -3.32. The summed E-state index contributed by atoms with van der Waals surface area (Å²) >= 11 is 6.04. The minimum Gasteiger partial charge on any atom is -0.387 e. The summed E-state index contributed by atoms with van der Waals surface area (Å²) in [7, 11) is -3.32. The van der Waals surface area contributed by atoms with Gasteiger partial charge in [-0.25, -0.2) is 8.42 Å². The molecule has 4 nitrogen and oxygen atoms in total. The predicted molar refractivity (Wildman–Crippen MR) is 89.1 cm³/mol. The van der Waals surface area contributed by atoms with Crippen LogP contribution in [-0.2, 0) is 9.84 Å². The fourth-order valence-electron chi connectivity index (χ4n) is 2.10. The molecule has 2 N–H and O–H groups in total. The molecular weight excluding hydrogens is 322 g/mol. The Balaban J connectivity index is 2.18. The van der Waals surface area contributed by atoms with E-state index in [4.69, 9.17) is 11.6 Å². The quantitative estimate of drug-likeness (QED) is 0.847. The lowest BCUT2D eigenvalue weighted by Crippen LogP contribution is -2.15. The number of para-hydroxylation sites is 1. The van der Waals surface area contributed by atoms with E-state index >= 15 is 0 Å². The smallest absolute Gasteiger partial charge is 0.180 e. The van der Waals surface area contributed by atoms with Crippen molar-refractivity contribution in [1.82, 2.24) is 0 Å². The number of hydrogen-bond acceptors (Lipinski definition) is 4. The van der Waals surface area contributed by atoms with Crippen LogP contribution in [-0.4, -0.2) is 25.8 Å². The largest absolute Gasteiger partial charge is 0.387 e. The van der Waals surface area contributed by atoms with Crippen molar-refractivity contribution < 1.29 is 13.5 Å². The molecule has 0 spiro atoms. The Kier molecular flexibility index (Phi) is 5.45. The molecule has 2 aromatic carbocycles. The fraction of sp³-hybridized carbons (Fsp3) is 0.250. The Bertz CT molecular complexity index is 747. The average Bonchev–Trinajstić information content (AvgIpc) is 2.53. The van der Waals surface area contributed by atoms with Crippen LogP contribution in [0.5, 0.6) is 0 Å². The highest BCUT2D eigenvalue weighted by Gasteiger charge is 2.17. The van der Waals surface area contributed by atoms with E-state index in [1.807, 2.05) is 0 Å². The normalized spacial score (nSPS) is 12.9. The molecule has 0 aliphatic heterocycles.